The second kappa shape index (κ2) is 9.07. The highest BCUT2D eigenvalue weighted by Crippen LogP contribution is 2.30. The van der Waals surface area contributed by atoms with Crippen LogP contribution >= 0.6 is 0 Å². The highest BCUT2D eigenvalue weighted by molar-refractivity contribution is 5.79. The topological polar surface area (TPSA) is 54.9 Å². The third-order valence-corrected chi connectivity index (χ3v) is 2.98. The van der Waals surface area contributed by atoms with E-state index in [2.05, 4.69) is 22.5 Å². The number of ether oxygens (including phenoxy) is 2. The van der Waals surface area contributed by atoms with Crippen molar-refractivity contribution in [2.75, 3.05) is 27.8 Å². The maximum atomic E-state index is 5.41. The number of hydrogen-bond donors (Lipinski definition) is 2. The monoisotopic (exact) mass is 279 g/mol. The van der Waals surface area contributed by atoms with Crippen molar-refractivity contribution in [3.05, 3.63) is 23.8 Å². The zero-order valence-electron chi connectivity index (χ0n) is 12.8. The van der Waals surface area contributed by atoms with Gasteiger partial charge in [0.15, 0.2) is 17.5 Å². The van der Waals surface area contributed by atoms with Crippen LogP contribution in [0, 0.1) is 0 Å². The SMILES string of the molecule is CCCCNC(=NC)NCc1cccc(OC)c1OC. The van der Waals surface area contributed by atoms with Gasteiger partial charge >= 0.3 is 0 Å². The smallest absolute Gasteiger partial charge is 0.191 e. The maximum Gasteiger partial charge on any atom is 0.191 e. The predicted octanol–water partition coefficient (Wildman–Crippen LogP) is 2.17. The van der Waals surface area contributed by atoms with E-state index in [1.165, 1.54) is 0 Å². The Labute approximate surface area is 121 Å². The Hall–Kier alpha value is -1.91. The molecule has 0 aromatic heterocycles. The van der Waals surface area contributed by atoms with E-state index >= 15 is 0 Å². The van der Waals surface area contributed by atoms with E-state index in [-0.39, 0.29) is 0 Å². The molecule has 112 valence electrons. The van der Waals surface area contributed by atoms with Gasteiger partial charge in [-0.1, -0.05) is 25.5 Å². The van der Waals surface area contributed by atoms with Gasteiger partial charge in [-0.15, -0.1) is 0 Å². The van der Waals surface area contributed by atoms with Gasteiger partial charge in [-0.2, -0.15) is 0 Å². The van der Waals surface area contributed by atoms with Crippen molar-refractivity contribution in [2.45, 2.75) is 26.3 Å². The van der Waals surface area contributed by atoms with Crippen LogP contribution in [0.3, 0.4) is 0 Å². The number of methoxy groups -OCH3 is 2. The zero-order chi connectivity index (χ0) is 14.8. The summed E-state index contributed by atoms with van der Waals surface area (Å²) in [5.41, 5.74) is 1.03. The molecule has 2 N–H and O–H groups in total. The van der Waals surface area contributed by atoms with Crippen molar-refractivity contribution in [1.29, 1.82) is 0 Å². The van der Waals surface area contributed by atoms with E-state index in [9.17, 15) is 0 Å². The third-order valence-electron chi connectivity index (χ3n) is 2.98. The van der Waals surface area contributed by atoms with E-state index in [0.29, 0.717) is 6.54 Å². The molecule has 0 saturated carbocycles. The van der Waals surface area contributed by atoms with Gasteiger partial charge in [0.05, 0.1) is 14.2 Å². The lowest BCUT2D eigenvalue weighted by Gasteiger charge is -2.15. The fraction of sp³-hybridized carbons (Fsp3) is 0.533. The minimum atomic E-state index is 0.631. The fourth-order valence-corrected chi connectivity index (χ4v) is 1.88. The van der Waals surface area contributed by atoms with E-state index in [1.54, 1.807) is 21.3 Å². The molecule has 0 bridgehead atoms. The lowest BCUT2D eigenvalue weighted by molar-refractivity contribution is 0.351. The summed E-state index contributed by atoms with van der Waals surface area (Å²) in [4.78, 5) is 4.20. The van der Waals surface area contributed by atoms with Gasteiger partial charge in [0.25, 0.3) is 0 Å². The number of unbranched alkanes of at least 4 members (excludes halogenated alkanes) is 1. The molecule has 20 heavy (non-hydrogen) atoms. The number of rotatable bonds is 7. The highest BCUT2D eigenvalue weighted by atomic mass is 16.5. The second-order valence-electron chi connectivity index (χ2n) is 4.36. The molecule has 0 amide bonds. The third kappa shape index (κ3) is 4.64. The normalized spacial score (nSPS) is 11.1. The van der Waals surface area contributed by atoms with Gasteiger partial charge in [0, 0.05) is 25.7 Å². The van der Waals surface area contributed by atoms with Crippen LogP contribution in [0.4, 0.5) is 0 Å². The van der Waals surface area contributed by atoms with Crippen molar-refractivity contribution in [3.63, 3.8) is 0 Å². The van der Waals surface area contributed by atoms with Crippen molar-refractivity contribution in [2.24, 2.45) is 4.99 Å². The highest BCUT2D eigenvalue weighted by Gasteiger charge is 2.09. The molecule has 0 radical (unpaired) electrons. The Morgan fingerprint density at radius 1 is 1.20 bits per heavy atom. The molecule has 0 fully saturated rings. The van der Waals surface area contributed by atoms with Crippen LogP contribution in [-0.2, 0) is 6.54 Å². The molecule has 0 aliphatic heterocycles. The van der Waals surface area contributed by atoms with Crippen molar-refractivity contribution in [1.82, 2.24) is 10.6 Å². The number of benzene rings is 1. The Bertz CT molecular complexity index is 433. The summed E-state index contributed by atoms with van der Waals surface area (Å²) in [6, 6.07) is 5.84. The van der Waals surface area contributed by atoms with Gasteiger partial charge in [-0.3, -0.25) is 4.99 Å². The van der Waals surface area contributed by atoms with Crippen molar-refractivity contribution < 1.29 is 9.47 Å². The van der Waals surface area contributed by atoms with Gasteiger partial charge < -0.3 is 20.1 Å². The zero-order valence-corrected chi connectivity index (χ0v) is 12.8. The standard InChI is InChI=1S/C15H25N3O2/c1-5-6-10-17-15(16-2)18-11-12-8-7-9-13(19-3)14(12)20-4/h7-9H,5-6,10-11H2,1-4H3,(H2,16,17,18). The average molecular weight is 279 g/mol. The van der Waals surface area contributed by atoms with Gasteiger partial charge in [-0.25, -0.2) is 0 Å². The van der Waals surface area contributed by atoms with Crippen molar-refractivity contribution in [3.8, 4) is 11.5 Å². The first-order valence-corrected chi connectivity index (χ1v) is 6.91. The van der Waals surface area contributed by atoms with Crippen LogP contribution in [-0.4, -0.2) is 33.8 Å². The van der Waals surface area contributed by atoms with Crippen LogP contribution in [0.2, 0.25) is 0 Å². The largest absolute Gasteiger partial charge is 0.493 e. The molecule has 1 rings (SSSR count). The molecule has 0 spiro atoms. The lowest BCUT2D eigenvalue weighted by Crippen LogP contribution is -2.37. The first-order valence-electron chi connectivity index (χ1n) is 6.91. The van der Waals surface area contributed by atoms with Crippen LogP contribution in [0.15, 0.2) is 23.2 Å². The molecule has 0 aliphatic rings. The van der Waals surface area contributed by atoms with Gasteiger partial charge in [-0.05, 0) is 12.5 Å². The van der Waals surface area contributed by atoms with Crippen LogP contribution < -0.4 is 20.1 Å². The minimum absolute atomic E-state index is 0.631. The second-order valence-corrected chi connectivity index (χ2v) is 4.36. The summed E-state index contributed by atoms with van der Waals surface area (Å²) in [6.45, 7) is 3.72. The molecule has 1 aromatic rings. The number of aliphatic imine (C=N–C) groups is 1. The van der Waals surface area contributed by atoms with Crippen molar-refractivity contribution >= 4 is 5.96 Å². The summed E-state index contributed by atoms with van der Waals surface area (Å²) in [6.07, 6.45) is 2.29. The van der Waals surface area contributed by atoms with Crippen LogP contribution in [0.1, 0.15) is 25.3 Å². The lowest BCUT2D eigenvalue weighted by atomic mass is 10.2. The molecule has 5 heteroatoms. The Kier molecular flexibility index (Phi) is 7.32. The molecule has 0 unspecified atom stereocenters. The van der Waals surface area contributed by atoms with E-state index in [4.69, 9.17) is 9.47 Å². The number of para-hydroxylation sites is 1. The Morgan fingerprint density at radius 2 is 2.00 bits per heavy atom. The summed E-state index contributed by atoms with van der Waals surface area (Å²) >= 11 is 0. The first kappa shape index (κ1) is 16.1. The maximum absolute atomic E-state index is 5.41. The number of nitrogens with one attached hydrogen (secondary N) is 2. The van der Waals surface area contributed by atoms with Crippen LogP contribution in [0.5, 0.6) is 11.5 Å². The molecule has 0 heterocycles. The fourth-order valence-electron chi connectivity index (χ4n) is 1.88. The first-order chi connectivity index (χ1) is 9.76. The Balaban J connectivity index is 2.64. The van der Waals surface area contributed by atoms with Crippen LogP contribution in [0.25, 0.3) is 0 Å². The molecule has 0 aliphatic carbocycles. The summed E-state index contributed by atoms with van der Waals surface area (Å²) in [5.74, 6) is 2.29. The number of hydrogen-bond acceptors (Lipinski definition) is 3. The molecular formula is C15H25N3O2. The van der Waals surface area contributed by atoms with Gasteiger partial charge in [0.1, 0.15) is 0 Å². The minimum Gasteiger partial charge on any atom is -0.493 e. The summed E-state index contributed by atoms with van der Waals surface area (Å²) < 4.78 is 10.7. The molecule has 0 saturated heterocycles. The number of nitrogens with zero attached hydrogens (tertiary/aromatic N) is 1. The predicted molar refractivity (Wildman–Crippen MR) is 82.7 cm³/mol. The van der Waals surface area contributed by atoms with E-state index < -0.39 is 0 Å². The molecule has 0 atom stereocenters. The summed E-state index contributed by atoms with van der Waals surface area (Å²) in [7, 11) is 5.06. The molecule has 5 nitrogen and oxygen atoms in total. The Morgan fingerprint density at radius 3 is 2.60 bits per heavy atom. The number of guanidine groups is 1. The molecular weight excluding hydrogens is 254 g/mol. The van der Waals surface area contributed by atoms with Gasteiger partial charge in [0.2, 0.25) is 0 Å². The average Bonchev–Trinajstić information content (AvgIpc) is 2.50. The molecule has 1 aromatic carbocycles. The van der Waals surface area contributed by atoms with E-state index in [1.807, 2.05) is 18.2 Å². The van der Waals surface area contributed by atoms with E-state index in [0.717, 1.165) is 42.4 Å². The quantitative estimate of drug-likeness (QED) is 0.456. The summed E-state index contributed by atoms with van der Waals surface area (Å²) in [5, 5.41) is 6.55.